The average molecular weight is 213 g/mol. The van der Waals surface area contributed by atoms with Gasteiger partial charge in [0.25, 0.3) is 0 Å². The summed E-state index contributed by atoms with van der Waals surface area (Å²) in [5.74, 6) is 0.832. The van der Waals surface area contributed by atoms with E-state index in [1.807, 2.05) is 54.6 Å². The third kappa shape index (κ3) is 2.07. The zero-order chi connectivity index (χ0) is 11.4. The first-order valence-electron chi connectivity index (χ1n) is 5.26. The van der Waals surface area contributed by atoms with Crippen molar-refractivity contribution in [2.75, 3.05) is 7.11 Å². The minimum atomic E-state index is -0.141. The van der Waals surface area contributed by atoms with Crippen LogP contribution in [0.5, 0.6) is 5.75 Å². The number of methoxy groups -OCH3 is 1. The highest BCUT2D eigenvalue weighted by atomic mass is 16.5. The van der Waals surface area contributed by atoms with Crippen LogP contribution in [-0.4, -0.2) is 7.11 Å². The van der Waals surface area contributed by atoms with Crippen molar-refractivity contribution in [3.05, 3.63) is 65.7 Å². The van der Waals surface area contributed by atoms with Crippen LogP contribution < -0.4 is 10.5 Å². The molecule has 2 nitrogen and oxygen atoms in total. The van der Waals surface area contributed by atoms with Crippen LogP contribution >= 0.6 is 0 Å². The first kappa shape index (κ1) is 10.7. The molecular weight excluding hydrogens is 198 g/mol. The second kappa shape index (κ2) is 4.81. The largest absolute Gasteiger partial charge is 0.496 e. The summed E-state index contributed by atoms with van der Waals surface area (Å²) in [5.41, 5.74) is 8.31. The molecule has 2 heteroatoms. The summed E-state index contributed by atoms with van der Waals surface area (Å²) in [5, 5.41) is 0. The van der Waals surface area contributed by atoms with E-state index >= 15 is 0 Å². The van der Waals surface area contributed by atoms with Crippen molar-refractivity contribution in [3.63, 3.8) is 0 Å². The standard InChI is InChI=1S/C14H15NO/c1-16-13-10-6-5-9-12(13)14(15)11-7-3-2-4-8-11/h2-10,14H,15H2,1H3/t14-/m0/s1. The van der Waals surface area contributed by atoms with E-state index in [9.17, 15) is 0 Å². The molecule has 2 aromatic rings. The van der Waals surface area contributed by atoms with Crippen molar-refractivity contribution in [1.29, 1.82) is 0 Å². The molecule has 16 heavy (non-hydrogen) atoms. The zero-order valence-electron chi connectivity index (χ0n) is 9.26. The Hall–Kier alpha value is -1.80. The topological polar surface area (TPSA) is 35.2 Å². The number of hydrogen-bond donors (Lipinski definition) is 1. The fraction of sp³-hybridized carbons (Fsp3) is 0.143. The molecule has 0 aliphatic rings. The van der Waals surface area contributed by atoms with Gasteiger partial charge in [0.05, 0.1) is 13.2 Å². The van der Waals surface area contributed by atoms with E-state index in [-0.39, 0.29) is 6.04 Å². The van der Waals surface area contributed by atoms with E-state index in [4.69, 9.17) is 10.5 Å². The fourth-order valence-electron chi connectivity index (χ4n) is 1.76. The molecule has 0 fully saturated rings. The van der Waals surface area contributed by atoms with Crippen LogP contribution in [0.2, 0.25) is 0 Å². The Morgan fingerprint density at radius 2 is 1.56 bits per heavy atom. The summed E-state index contributed by atoms with van der Waals surface area (Å²) in [7, 11) is 1.66. The lowest BCUT2D eigenvalue weighted by molar-refractivity contribution is 0.408. The molecule has 0 unspecified atom stereocenters. The van der Waals surface area contributed by atoms with Crippen molar-refractivity contribution < 1.29 is 4.74 Å². The predicted octanol–water partition coefficient (Wildman–Crippen LogP) is 2.74. The molecule has 0 heterocycles. The Morgan fingerprint density at radius 1 is 0.938 bits per heavy atom. The summed E-state index contributed by atoms with van der Waals surface area (Å²) in [6, 6.07) is 17.7. The van der Waals surface area contributed by atoms with Crippen LogP contribution in [0.3, 0.4) is 0 Å². The molecule has 0 saturated carbocycles. The van der Waals surface area contributed by atoms with Gasteiger partial charge in [-0.05, 0) is 11.6 Å². The Labute approximate surface area is 95.7 Å². The van der Waals surface area contributed by atoms with Crippen LogP contribution in [0.25, 0.3) is 0 Å². The van der Waals surface area contributed by atoms with Gasteiger partial charge in [-0.25, -0.2) is 0 Å². The molecule has 0 aromatic heterocycles. The van der Waals surface area contributed by atoms with Gasteiger partial charge in [0, 0.05) is 5.56 Å². The smallest absolute Gasteiger partial charge is 0.123 e. The maximum Gasteiger partial charge on any atom is 0.123 e. The zero-order valence-corrected chi connectivity index (χ0v) is 9.26. The Bertz CT molecular complexity index is 453. The summed E-state index contributed by atoms with van der Waals surface area (Å²) in [4.78, 5) is 0. The molecule has 0 aliphatic heterocycles. The molecule has 2 rings (SSSR count). The van der Waals surface area contributed by atoms with E-state index in [0.717, 1.165) is 16.9 Å². The lowest BCUT2D eigenvalue weighted by atomic mass is 9.99. The normalized spacial score (nSPS) is 12.1. The minimum absolute atomic E-state index is 0.141. The average Bonchev–Trinajstić information content (AvgIpc) is 2.39. The van der Waals surface area contributed by atoms with E-state index < -0.39 is 0 Å². The number of benzene rings is 2. The van der Waals surface area contributed by atoms with E-state index in [1.165, 1.54) is 0 Å². The van der Waals surface area contributed by atoms with Gasteiger partial charge >= 0.3 is 0 Å². The quantitative estimate of drug-likeness (QED) is 0.850. The van der Waals surface area contributed by atoms with E-state index in [2.05, 4.69) is 0 Å². The SMILES string of the molecule is COc1ccccc1[C@@H](N)c1ccccc1. The maximum absolute atomic E-state index is 6.21. The molecule has 2 aromatic carbocycles. The van der Waals surface area contributed by atoms with Gasteiger partial charge in [0.1, 0.15) is 5.75 Å². The van der Waals surface area contributed by atoms with Gasteiger partial charge in [-0.15, -0.1) is 0 Å². The van der Waals surface area contributed by atoms with Crippen molar-refractivity contribution >= 4 is 0 Å². The first-order valence-corrected chi connectivity index (χ1v) is 5.26. The van der Waals surface area contributed by atoms with Gasteiger partial charge in [0.2, 0.25) is 0 Å². The van der Waals surface area contributed by atoms with Crippen molar-refractivity contribution in [1.82, 2.24) is 0 Å². The van der Waals surface area contributed by atoms with Crippen LogP contribution in [0, 0.1) is 0 Å². The monoisotopic (exact) mass is 213 g/mol. The summed E-state index contributed by atoms with van der Waals surface area (Å²) in [6.07, 6.45) is 0. The predicted molar refractivity (Wildman–Crippen MR) is 65.5 cm³/mol. The van der Waals surface area contributed by atoms with Gasteiger partial charge in [-0.3, -0.25) is 0 Å². The summed E-state index contributed by atoms with van der Waals surface area (Å²) >= 11 is 0. The molecule has 0 bridgehead atoms. The van der Waals surface area contributed by atoms with E-state index in [0.29, 0.717) is 0 Å². The van der Waals surface area contributed by atoms with Crippen LogP contribution in [0.4, 0.5) is 0 Å². The number of ether oxygens (including phenoxy) is 1. The summed E-state index contributed by atoms with van der Waals surface area (Å²) < 4.78 is 5.31. The molecule has 0 amide bonds. The fourth-order valence-corrected chi connectivity index (χ4v) is 1.76. The first-order chi connectivity index (χ1) is 7.83. The minimum Gasteiger partial charge on any atom is -0.496 e. The molecule has 0 saturated heterocycles. The highest BCUT2D eigenvalue weighted by molar-refractivity contribution is 5.41. The third-order valence-corrected chi connectivity index (χ3v) is 2.63. The number of para-hydroxylation sites is 1. The van der Waals surface area contributed by atoms with E-state index in [1.54, 1.807) is 7.11 Å². The lowest BCUT2D eigenvalue weighted by Crippen LogP contribution is -2.12. The maximum atomic E-state index is 6.21. The lowest BCUT2D eigenvalue weighted by Gasteiger charge is -2.15. The summed E-state index contributed by atoms with van der Waals surface area (Å²) in [6.45, 7) is 0. The van der Waals surface area contributed by atoms with Gasteiger partial charge in [0.15, 0.2) is 0 Å². The highest BCUT2D eigenvalue weighted by Gasteiger charge is 2.12. The van der Waals surface area contributed by atoms with Crippen LogP contribution in [-0.2, 0) is 0 Å². The van der Waals surface area contributed by atoms with Crippen LogP contribution in [0.1, 0.15) is 17.2 Å². The van der Waals surface area contributed by atoms with Gasteiger partial charge in [-0.1, -0.05) is 48.5 Å². The second-order valence-electron chi connectivity index (χ2n) is 3.63. The number of hydrogen-bond acceptors (Lipinski definition) is 2. The van der Waals surface area contributed by atoms with Crippen molar-refractivity contribution in [3.8, 4) is 5.75 Å². The molecule has 2 N–H and O–H groups in total. The van der Waals surface area contributed by atoms with Crippen LogP contribution in [0.15, 0.2) is 54.6 Å². The Morgan fingerprint density at radius 3 is 2.25 bits per heavy atom. The molecule has 82 valence electrons. The Balaban J connectivity index is 2.37. The molecule has 0 spiro atoms. The third-order valence-electron chi connectivity index (χ3n) is 2.63. The highest BCUT2D eigenvalue weighted by Crippen LogP contribution is 2.27. The second-order valence-corrected chi connectivity index (χ2v) is 3.63. The molecular formula is C14H15NO. The van der Waals surface area contributed by atoms with Gasteiger partial charge in [-0.2, -0.15) is 0 Å². The molecule has 0 radical (unpaired) electrons. The molecule has 0 aliphatic carbocycles. The Kier molecular flexibility index (Phi) is 3.22. The number of nitrogens with two attached hydrogens (primary N) is 1. The van der Waals surface area contributed by atoms with Gasteiger partial charge < -0.3 is 10.5 Å². The van der Waals surface area contributed by atoms with Crippen molar-refractivity contribution in [2.45, 2.75) is 6.04 Å². The molecule has 1 atom stereocenters. The number of rotatable bonds is 3. The van der Waals surface area contributed by atoms with Crippen molar-refractivity contribution in [2.24, 2.45) is 5.73 Å².